The molecule has 0 aromatic carbocycles. The molecule has 1 heterocycles. The van der Waals surface area contributed by atoms with Gasteiger partial charge in [-0.25, -0.2) is 9.78 Å². The normalized spacial score (nSPS) is 14.3. The number of nitrogens with one attached hydrogen (secondary N) is 4. The molecule has 0 saturated heterocycles. The van der Waals surface area contributed by atoms with Gasteiger partial charge < -0.3 is 42.6 Å². The van der Waals surface area contributed by atoms with E-state index >= 15 is 0 Å². The Morgan fingerprint density at radius 2 is 1.57 bits per heavy atom. The molecule has 0 fully saturated rings. The topological polar surface area (TPSA) is 243 Å². The number of amides is 3. The van der Waals surface area contributed by atoms with Crippen LogP contribution in [0.15, 0.2) is 12.5 Å². The first kappa shape index (κ1) is 31.5. The van der Waals surface area contributed by atoms with Crippen molar-refractivity contribution in [1.82, 2.24) is 25.9 Å². The van der Waals surface area contributed by atoms with Crippen molar-refractivity contribution in [2.75, 3.05) is 6.54 Å². The van der Waals surface area contributed by atoms with Crippen molar-refractivity contribution in [1.29, 1.82) is 0 Å². The SMILES string of the molecule is CC(C)CC(NC(=O)C(Cc1cnc[nH]1)NC(=O)C(N)CCCCN)C(=O)NC(CCC(=O)O)C(=O)O. The van der Waals surface area contributed by atoms with Crippen LogP contribution in [0.4, 0.5) is 0 Å². The molecule has 37 heavy (non-hydrogen) atoms. The number of carbonyl (C=O) groups is 5. The Hall–Kier alpha value is -3.52. The van der Waals surface area contributed by atoms with Crippen molar-refractivity contribution in [3.63, 3.8) is 0 Å². The first-order valence-corrected chi connectivity index (χ1v) is 12.2. The third-order valence-electron chi connectivity index (χ3n) is 5.52. The van der Waals surface area contributed by atoms with E-state index in [2.05, 4.69) is 25.9 Å². The number of rotatable bonds is 18. The van der Waals surface area contributed by atoms with E-state index in [0.717, 1.165) is 0 Å². The number of aromatic nitrogens is 2. The molecular weight excluding hydrogens is 486 g/mol. The molecule has 4 atom stereocenters. The zero-order valence-corrected chi connectivity index (χ0v) is 21.2. The lowest BCUT2D eigenvalue weighted by atomic mass is 10.0. The molecule has 1 aromatic heterocycles. The Kier molecular flexibility index (Phi) is 13.9. The quantitative estimate of drug-likeness (QED) is 0.107. The smallest absolute Gasteiger partial charge is 0.326 e. The van der Waals surface area contributed by atoms with Crippen LogP contribution in [0.5, 0.6) is 0 Å². The van der Waals surface area contributed by atoms with Crippen LogP contribution >= 0.6 is 0 Å². The van der Waals surface area contributed by atoms with Gasteiger partial charge in [-0.3, -0.25) is 19.2 Å². The largest absolute Gasteiger partial charge is 0.481 e. The monoisotopic (exact) mass is 525 g/mol. The zero-order chi connectivity index (χ0) is 28.0. The van der Waals surface area contributed by atoms with Gasteiger partial charge in [0, 0.05) is 24.7 Å². The highest BCUT2D eigenvalue weighted by atomic mass is 16.4. The van der Waals surface area contributed by atoms with Gasteiger partial charge in [0.2, 0.25) is 17.7 Å². The summed E-state index contributed by atoms with van der Waals surface area (Å²) in [4.78, 5) is 67.9. The molecule has 208 valence electrons. The molecule has 1 aromatic rings. The predicted molar refractivity (Wildman–Crippen MR) is 133 cm³/mol. The summed E-state index contributed by atoms with van der Waals surface area (Å²) >= 11 is 0. The number of aliphatic carboxylic acids is 2. The fraction of sp³-hybridized carbons (Fsp3) is 0.652. The second kappa shape index (κ2) is 16.3. The van der Waals surface area contributed by atoms with Gasteiger partial charge in [-0.05, 0) is 38.1 Å². The second-order valence-electron chi connectivity index (χ2n) is 9.26. The van der Waals surface area contributed by atoms with E-state index in [1.807, 2.05) is 13.8 Å². The maximum Gasteiger partial charge on any atom is 0.326 e. The van der Waals surface area contributed by atoms with Crippen LogP contribution in [0.1, 0.15) is 58.1 Å². The van der Waals surface area contributed by atoms with E-state index in [-0.39, 0.29) is 25.2 Å². The number of carboxylic acids is 2. The summed E-state index contributed by atoms with van der Waals surface area (Å²) in [6.07, 6.45) is 4.08. The summed E-state index contributed by atoms with van der Waals surface area (Å²) < 4.78 is 0. The number of aromatic amines is 1. The number of nitrogens with two attached hydrogens (primary N) is 2. The first-order chi connectivity index (χ1) is 17.4. The Morgan fingerprint density at radius 3 is 2.11 bits per heavy atom. The Morgan fingerprint density at radius 1 is 0.946 bits per heavy atom. The standard InChI is InChI=1S/C23H39N7O7/c1-13(2)9-17(21(34)28-16(23(36)37)6-7-19(31)32)30-22(35)18(10-14-11-26-12-27-14)29-20(33)15(25)5-3-4-8-24/h11-13,15-18H,3-10,24-25H2,1-2H3,(H,26,27)(H,28,34)(H,29,33)(H,30,35)(H,31,32)(H,36,37). The van der Waals surface area contributed by atoms with E-state index in [0.29, 0.717) is 31.5 Å². The van der Waals surface area contributed by atoms with Gasteiger partial charge >= 0.3 is 11.9 Å². The Labute approximate surface area is 215 Å². The van der Waals surface area contributed by atoms with Crippen LogP contribution in [-0.4, -0.2) is 80.6 Å². The van der Waals surface area contributed by atoms with E-state index < -0.39 is 60.2 Å². The molecule has 0 aliphatic heterocycles. The molecular formula is C23H39N7O7. The minimum atomic E-state index is -1.44. The van der Waals surface area contributed by atoms with Crippen LogP contribution in [0.3, 0.4) is 0 Å². The summed E-state index contributed by atoms with van der Waals surface area (Å²) in [5, 5.41) is 25.7. The number of carbonyl (C=O) groups excluding carboxylic acids is 3. The number of hydrogen-bond donors (Lipinski definition) is 8. The summed E-state index contributed by atoms with van der Waals surface area (Å²) in [5.74, 6) is -4.64. The average Bonchev–Trinajstić information content (AvgIpc) is 3.33. The van der Waals surface area contributed by atoms with Gasteiger partial charge in [0.25, 0.3) is 0 Å². The molecule has 14 nitrogen and oxygen atoms in total. The fourth-order valence-corrected chi connectivity index (χ4v) is 3.52. The molecule has 4 unspecified atom stereocenters. The minimum absolute atomic E-state index is 0.0411. The van der Waals surface area contributed by atoms with Crippen LogP contribution in [-0.2, 0) is 30.4 Å². The fourth-order valence-electron chi connectivity index (χ4n) is 3.52. The highest BCUT2D eigenvalue weighted by molar-refractivity contribution is 5.94. The maximum absolute atomic E-state index is 13.2. The molecule has 0 radical (unpaired) electrons. The zero-order valence-electron chi connectivity index (χ0n) is 21.2. The second-order valence-corrected chi connectivity index (χ2v) is 9.26. The predicted octanol–water partition coefficient (Wildman–Crippen LogP) is -1.14. The number of hydrogen-bond acceptors (Lipinski definition) is 8. The lowest BCUT2D eigenvalue weighted by Crippen LogP contribution is -2.57. The van der Waals surface area contributed by atoms with Gasteiger partial charge in [0.05, 0.1) is 12.4 Å². The highest BCUT2D eigenvalue weighted by Gasteiger charge is 2.31. The van der Waals surface area contributed by atoms with E-state index in [9.17, 15) is 29.1 Å². The van der Waals surface area contributed by atoms with E-state index in [1.165, 1.54) is 12.5 Å². The molecule has 0 aliphatic rings. The highest BCUT2D eigenvalue weighted by Crippen LogP contribution is 2.09. The maximum atomic E-state index is 13.2. The first-order valence-electron chi connectivity index (χ1n) is 12.2. The van der Waals surface area contributed by atoms with Crippen LogP contribution in [0, 0.1) is 5.92 Å². The van der Waals surface area contributed by atoms with Crippen LogP contribution in [0.25, 0.3) is 0 Å². The molecule has 0 bridgehead atoms. The van der Waals surface area contributed by atoms with Crippen molar-refractivity contribution in [3.8, 4) is 0 Å². The Bertz CT molecular complexity index is 892. The van der Waals surface area contributed by atoms with Gasteiger partial charge in [0.15, 0.2) is 0 Å². The molecule has 1 rings (SSSR count). The average molecular weight is 526 g/mol. The van der Waals surface area contributed by atoms with Crippen molar-refractivity contribution in [3.05, 3.63) is 18.2 Å². The number of imidazole rings is 1. The minimum Gasteiger partial charge on any atom is -0.481 e. The molecule has 3 amide bonds. The Balaban J connectivity index is 3.01. The van der Waals surface area contributed by atoms with E-state index in [1.54, 1.807) is 0 Å². The molecule has 0 aliphatic carbocycles. The lowest BCUT2D eigenvalue weighted by molar-refractivity contribution is -0.143. The summed E-state index contributed by atoms with van der Waals surface area (Å²) in [7, 11) is 0. The van der Waals surface area contributed by atoms with Gasteiger partial charge in [-0.1, -0.05) is 20.3 Å². The number of unbranched alkanes of at least 4 members (excludes halogenated alkanes) is 1. The summed E-state index contributed by atoms with van der Waals surface area (Å²) in [6, 6.07) is -4.53. The molecule has 14 heteroatoms. The molecule has 10 N–H and O–H groups in total. The van der Waals surface area contributed by atoms with Gasteiger partial charge in [0.1, 0.15) is 18.1 Å². The van der Waals surface area contributed by atoms with Crippen LogP contribution in [0.2, 0.25) is 0 Å². The summed E-state index contributed by atoms with van der Waals surface area (Å²) in [6.45, 7) is 4.10. The third-order valence-corrected chi connectivity index (χ3v) is 5.52. The number of nitrogens with zero attached hydrogens (tertiary/aromatic N) is 1. The van der Waals surface area contributed by atoms with Gasteiger partial charge in [-0.15, -0.1) is 0 Å². The van der Waals surface area contributed by atoms with Crippen LogP contribution < -0.4 is 27.4 Å². The van der Waals surface area contributed by atoms with Crippen molar-refractivity contribution in [2.24, 2.45) is 17.4 Å². The van der Waals surface area contributed by atoms with Crippen molar-refractivity contribution in [2.45, 2.75) is 83.0 Å². The molecule has 0 spiro atoms. The van der Waals surface area contributed by atoms with Crippen molar-refractivity contribution >= 4 is 29.7 Å². The molecule has 0 saturated carbocycles. The lowest BCUT2D eigenvalue weighted by Gasteiger charge is -2.26. The van der Waals surface area contributed by atoms with E-state index in [4.69, 9.17) is 16.6 Å². The number of carboxylic acid groups (broad SMARTS) is 2. The summed E-state index contributed by atoms with van der Waals surface area (Å²) in [5.41, 5.74) is 12.0. The van der Waals surface area contributed by atoms with Gasteiger partial charge in [-0.2, -0.15) is 0 Å². The number of H-pyrrole nitrogens is 1. The third kappa shape index (κ3) is 12.3. The van der Waals surface area contributed by atoms with Crippen molar-refractivity contribution < 1.29 is 34.2 Å².